The molecule has 1 heterocycles. The topological polar surface area (TPSA) is 99.0 Å². The van der Waals surface area contributed by atoms with E-state index in [4.69, 9.17) is 9.47 Å². The van der Waals surface area contributed by atoms with Gasteiger partial charge in [-0.2, -0.15) is 0 Å². The summed E-state index contributed by atoms with van der Waals surface area (Å²) in [6, 6.07) is 22.1. The van der Waals surface area contributed by atoms with Crippen LogP contribution < -0.4 is 9.47 Å². The summed E-state index contributed by atoms with van der Waals surface area (Å²) in [7, 11) is 0. The molecule has 6 rings (SSSR count). The maximum Gasteiger partial charge on any atom is 0.269 e. The van der Waals surface area contributed by atoms with Crippen LogP contribution >= 0.6 is 0 Å². The summed E-state index contributed by atoms with van der Waals surface area (Å²) in [6.07, 6.45) is 4.13. The van der Waals surface area contributed by atoms with Crippen LogP contribution in [-0.2, 0) is 22.7 Å². The van der Waals surface area contributed by atoms with Crippen molar-refractivity contribution in [1.82, 2.24) is 4.90 Å². The van der Waals surface area contributed by atoms with Gasteiger partial charge in [0.15, 0.2) is 23.1 Å². The molecule has 0 saturated heterocycles. The Hall–Kier alpha value is -4.72. The van der Waals surface area contributed by atoms with Gasteiger partial charge in [-0.25, -0.2) is 0 Å². The van der Waals surface area contributed by atoms with E-state index in [1.54, 1.807) is 12.1 Å². The van der Waals surface area contributed by atoms with Crippen molar-refractivity contribution in [2.75, 3.05) is 6.61 Å². The zero-order valence-electron chi connectivity index (χ0n) is 24.2. The summed E-state index contributed by atoms with van der Waals surface area (Å²) in [6.45, 7) is 3.14. The molecule has 0 N–H and O–H groups in total. The lowest BCUT2D eigenvalue weighted by molar-refractivity contribution is -0.384. The molecule has 0 fully saturated rings. The Morgan fingerprint density at radius 1 is 0.791 bits per heavy atom. The molecule has 43 heavy (non-hydrogen) atoms. The lowest BCUT2D eigenvalue weighted by Crippen LogP contribution is -2.38. The molecular weight excluding hydrogens is 544 g/mol. The number of carbonyl (C=O) groups is 2. The minimum atomic E-state index is -0.444. The number of ether oxygens (including phenoxy) is 2. The van der Waals surface area contributed by atoms with E-state index in [9.17, 15) is 19.7 Å². The molecule has 0 bridgehead atoms. The zero-order valence-corrected chi connectivity index (χ0v) is 24.2. The van der Waals surface area contributed by atoms with Crippen LogP contribution in [-0.4, -0.2) is 28.0 Å². The van der Waals surface area contributed by atoms with Crippen molar-refractivity contribution in [3.8, 4) is 11.5 Å². The molecule has 0 saturated carbocycles. The minimum absolute atomic E-state index is 0.0230. The number of hydrogen-bond donors (Lipinski definition) is 0. The van der Waals surface area contributed by atoms with E-state index >= 15 is 0 Å². The van der Waals surface area contributed by atoms with Gasteiger partial charge in [-0.05, 0) is 73.6 Å². The Labute approximate surface area is 250 Å². The molecule has 3 aliphatic rings. The van der Waals surface area contributed by atoms with Gasteiger partial charge in [-0.3, -0.25) is 19.7 Å². The van der Waals surface area contributed by atoms with Crippen LogP contribution in [0.1, 0.15) is 68.1 Å². The predicted molar refractivity (Wildman–Crippen MR) is 162 cm³/mol. The maximum atomic E-state index is 13.7. The fourth-order valence-corrected chi connectivity index (χ4v) is 6.47. The van der Waals surface area contributed by atoms with Crippen LogP contribution in [0.2, 0.25) is 0 Å². The van der Waals surface area contributed by atoms with Gasteiger partial charge in [0.2, 0.25) is 0 Å². The second kappa shape index (κ2) is 12.3. The third-order valence-electron chi connectivity index (χ3n) is 8.41. The first-order chi connectivity index (χ1) is 20.9. The first kappa shape index (κ1) is 28.4. The van der Waals surface area contributed by atoms with Crippen molar-refractivity contribution in [2.24, 2.45) is 0 Å². The maximum absolute atomic E-state index is 13.7. The largest absolute Gasteiger partial charge is 0.490 e. The Balaban J connectivity index is 1.38. The number of benzene rings is 3. The second-order valence-corrected chi connectivity index (χ2v) is 11.1. The van der Waals surface area contributed by atoms with Crippen LogP contribution in [0.5, 0.6) is 11.5 Å². The Morgan fingerprint density at radius 2 is 1.44 bits per heavy atom. The number of allylic oxidation sites excluding steroid dienone is 4. The molecule has 0 amide bonds. The highest BCUT2D eigenvalue weighted by Crippen LogP contribution is 2.50. The summed E-state index contributed by atoms with van der Waals surface area (Å²) in [5.74, 6) is 0.820. The van der Waals surface area contributed by atoms with E-state index < -0.39 is 10.8 Å². The highest BCUT2D eigenvalue weighted by molar-refractivity contribution is 6.06. The van der Waals surface area contributed by atoms with Gasteiger partial charge in [0.25, 0.3) is 5.69 Å². The second-order valence-electron chi connectivity index (χ2n) is 11.1. The first-order valence-electron chi connectivity index (χ1n) is 14.9. The number of non-ortho nitro benzene ring substituents is 1. The number of Topliss-reactive ketones (excluding diaryl/α,β-unsaturated/α-hetero) is 2. The molecule has 3 aromatic carbocycles. The van der Waals surface area contributed by atoms with Crippen molar-refractivity contribution >= 4 is 17.3 Å². The average Bonchev–Trinajstić information content (AvgIpc) is 3.02. The highest BCUT2D eigenvalue weighted by atomic mass is 16.6. The smallest absolute Gasteiger partial charge is 0.269 e. The third-order valence-corrected chi connectivity index (χ3v) is 8.41. The van der Waals surface area contributed by atoms with Crippen molar-refractivity contribution < 1.29 is 24.0 Å². The van der Waals surface area contributed by atoms with E-state index in [0.717, 1.165) is 64.9 Å². The van der Waals surface area contributed by atoms with Gasteiger partial charge < -0.3 is 14.4 Å². The molecule has 0 unspecified atom stereocenters. The number of nitrogens with zero attached hydrogens (tertiary/aromatic N) is 2. The van der Waals surface area contributed by atoms with Crippen LogP contribution in [0.25, 0.3) is 0 Å². The summed E-state index contributed by atoms with van der Waals surface area (Å²) in [4.78, 5) is 40.2. The third kappa shape index (κ3) is 5.69. The van der Waals surface area contributed by atoms with Gasteiger partial charge in [-0.15, -0.1) is 0 Å². The minimum Gasteiger partial charge on any atom is -0.490 e. The number of carbonyl (C=O) groups excluding carboxylic acids is 2. The fourth-order valence-electron chi connectivity index (χ4n) is 6.47. The quantitative estimate of drug-likeness (QED) is 0.196. The molecule has 2 aliphatic carbocycles. The lowest BCUT2D eigenvalue weighted by atomic mass is 9.71. The normalized spacial score (nSPS) is 17.1. The van der Waals surface area contributed by atoms with Gasteiger partial charge in [0.1, 0.15) is 6.61 Å². The molecule has 3 aromatic rings. The van der Waals surface area contributed by atoms with E-state index in [2.05, 4.69) is 17.0 Å². The molecule has 0 aromatic heterocycles. The molecule has 0 radical (unpaired) electrons. The van der Waals surface area contributed by atoms with E-state index in [0.29, 0.717) is 37.5 Å². The standard InChI is InChI=1S/C35H34N2O6/c1-2-42-32-20-25(16-19-31(32)43-22-24-14-17-26(18-15-24)37(40)41)33-34-27(10-6-12-29(34)38)36(21-23-8-4-3-5-9-23)28-11-7-13-30(39)35(28)33/h3-5,8-9,14-20,33H,2,6-7,10-13,21-22H2,1H3. The van der Waals surface area contributed by atoms with Crippen molar-refractivity contribution in [2.45, 2.75) is 64.5 Å². The van der Waals surface area contributed by atoms with Crippen LogP contribution in [0, 0.1) is 10.1 Å². The molecule has 1 aliphatic heterocycles. The Morgan fingerprint density at radius 3 is 2.05 bits per heavy atom. The number of ketones is 2. The molecular formula is C35H34N2O6. The van der Waals surface area contributed by atoms with Crippen LogP contribution in [0.15, 0.2) is 95.3 Å². The monoisotopic (exact) mass is 578 g/mol. The number of nitro groups is 1. The average molecular weight is 579 g/mol. The summed E-state index contributed by atoms with van der Waals surface area (Å²) in [5.41, 5.74) is 6.34. The van der Waals surface area contributed by atoms with Gasteiger partial charge in [-0.1, -0.05) is 36.4 Å². The van der Waals surface area contributed by atoms with Crippen molar-refractivity contribution in [3.63, 3.8) is 0 Å². The van der Waals surface area contributed by atoms with E-state index in [1.165, 1.54) is 12.1 Å². The van der Waals surface area contributed by atoms with Crippen LogP contribution in [0.4, 0.5) is 5.69 Å². The molecule has 0 atom stereocenters. The van der Waals surface area contributed by atoms with Crippen LogP contribution in [0.3, 0.4) is 0 Å². The molecule has 0 spiro atoms. The fraction of sp³-hybridized carbons (Fsp3) is 0.314. The van der Waals surface area contributed by atoms with E-state index in [1.807, 2.05) is 43.3 Å². The SMILES string of the molecule is CCOc1cc(C2C3=C(CCCC3=O)N(Cc3ccccc3)C3=C2C(=O)CCC3)ccc1OCc1ccc([N+](=O)[O-])cc1. The van der Waals surface area contributed by atoms with Crippen molar-refractivity contribution in [3.05, 3.63) is 122 Å². The van der Waals surface area contributed by atoms with Gasteiger partial charge >= 0.3 is 0 Å². The number of hydrogen-bond acceptors (Lipinski definition) is 7. The van der Waals surface area contributed by atoms with Crippen molar-refractivity contribution in [1.29, 1.82) is 0 Å². The highest BCUT2D eigenvalue weighted by Gasteiger charge is 2.43. The van der Waals surface area contributed by atoms with Gasteiger partial charge in [0.05, 0.1) is 11.5 Å². The Kier molecular flexibility index (Phi) is 8.09. The molecule has 220 valence electrons. The molecule has 8 heteroatoms. The first-order valence-corrected chi connectivity index (χ1v) is 14.9. The summed E-state index contributed by atoms with van der Waals surface area (Å²) in [5, 5.41) is 11.0. The summed E-state index contributed by atoms with van der Waals surface area (Å²) < 4.78 is 12.1. The number of rotatable bonds is 9. The van der Waals surface area contributed by atoms with Gasteiger partial charge in [0, 0.05) is 60.0 Å². The van der Waals surface area contributed by atoms with E-state index in [-0.39, 0.29) is 23.9 Å². The predicted octanol–water partition coefficient (Wildman–Crippen LogP) is 7.19. The lowest BCUT2D eigenvalue weighted by Gasteiger charge is -2.44. The number of nitro benzene ring substituents is 1. The summed E-state index contributed by atoms with van der Waals surface area (Å²) >= 11 is 0. The molecule has 8 nitrogen and oxygen atoms in total. The zero-order chi connectivity index (χ0) is 29.9. The Bertz CT molecular complexity index is 1580.